The lowest BCUT2D eigenvalue weighted by Crippen LogP contribution is -2.28. The summed E-state index contributed by atoms with van der Waals surface area (Å²) in [6.45, 7) is 3.48. The predicted molar refractivity (Wildman–Crippen MR) is 72.8 cm³/mol. The zero-order valence-corrected chi connectivity index (χ0v) is 11.8. The lowest BCUT2D eigenvalue weighted by molar-refractivity contribution is 0.0177. The van der Waals surface area contributed by atoms with Gasteiger partial charge < -0.3 is 0 Å². The lowest BCUT2D eigenvalue weighted by Gasteiger charge is -2.40. The molecular formula is C13H19F2NO2S. The highest BCUT2D eigenvalue weighted by molar-refractivity contribution is 8.22. The van der Waals surface area contributed by atoms with Crippen LogP contribution in [0.25, 0.3) is 0 Å². The van der Waals surface area contributed by atoms with Gasteiger partial charge in [-0.2, -0.15) is 4.31 Å². The number of rotatable bonds is 3. The average molecular weight is 291 g/mol. The molecule has 0 aromatic heterocycles. The van der Waals surface area contributed by atoms with Crippen LogP contribution >= 0.6 is 10.8 Å². The van der Waals surface area contributed by atoms with E-state index in [0.29, 0.717) is 10.8 Å². The molecule has 1 aromatic rings. The maximum Gasteiger partial charge on any atom is 0.263 e. The van der Waals surface area contributed by atoms with Crippen molar-refractivity contribution in [3.05, 3.63) is 29.8 Å². The Bertz CT molecular complexity index is 448. The Balaban J connectivity index is 2.20. The van der Waals surface area contributed by atoms with Gasteiger partial charge in [0.15, 0.2) is 0 Å². The highest BCUT2D eigenvalue weighted by Crippen LogP contribution is 2.54. The zero-order chi connectivity index (χ0) is 14.3. The van der Waals surface area contributed by atoms with Gasteiger partial charge in [0.2, 0.25) is 0 Å². The van der Waals surface area contributed by atoms with Gasteiger partial charge in [0.25, 0.3) is 5.92 Å². The summed E-state index contributed by atoms with van der Waals surface area (Å²) in [4.78, 5) is 0.301. The maximum absolute atomic E-state index is 13.2. The normalized spacial score (nSPS) is 21.0. The number of hydrogen-bond acceptors (Lipinski definition) is 3. The smallest absolute Gasteiger partial charge is 0.263 e. The standard InChI is InChI=1S/C13H19F2NO2S/c1-10(2)11-3-5-12(6-4-11)19(17,18)16-8-7-13(14,15)9-16/h3-6,10,17-18H,7-9H2,1-2H3. The molecule has 3 nitrogen and oxygen atoms in total. The molecule has 1 aliphatic heterocycles. The maximum atomic E-state index is 13.2. The van der Waals surface area contributed by atoms with Crippen molar-refractivity contribution in [2.24, 2.45) is 0 Å². The summed E-state index contributed by atoms with van der Waals surface area (Å²) in [6.07, 6.45) is -0.326. The van der Waals surface area contributed by atoms with Crippen LogP contribution in [0.2, 0.25) is 0 Å². The largest absolute Gasteiger partial charge is 0.281 e. The van der Waals surface area contributed by atoms with Crippen LogP contribution in [0.5, 0.6) is 0 Å². The van der Waals surface area contributed by atoms with Crippen LogP contribution < -0.4 is 0 Å². The second-order valence-electron chi connectivity index (χ2n) is 5.21. The van der Waals surface area contributed by atoms with E-state index < -0.39 is 23.2 Å². The molecule has 0 atom stereocenters. The molecule has 0 unspecified atom stereocenters. The fraction of sp³-hybridized carbons (Fsp3) is 0.538. The van der Waals surface area contributed by atoms with Crippen LogP contribution in [0.1, 0.15) is 31.7 Å². The summed E-state index contributed by atoms with van der Waals surface area (Å²) >= 11 is 0. The predicted octanol–water partition coefficient (Wildman–Crippen LogP) is 4.18. The molecule has 1 fully saturated rings. The van der Waals surface area contributed by atoms with Gasteiger partial charge in [-0.3, -0.25) is 9.11 Å². The quantitative estimate of drug-likeness (QED) is 0.878. The first-order valence-corrected chi connectivity index (χ1v) is 7.74. The fourth-order valence-electron chi connectivity index (χ4n) is 2.11. The number of halogens is 2. The van der Waals surface area contributed by atoms with Gasteiger partial charge in [-0.25, -0.2) is 8.78 Å². The number of alkyl halides is 2. The summed E-state index contributed by atoms with van der Waals surface area (Å²) in [5, 5.41) is 0. The molecule has 0 bridgehead atoms. The van der Waals surface area contributed by atoms with Gasteiger partial charge in [0.05, 0.1) is 11.4 Å². The van der Waals surface area contributed by atoms with E-state index in [1.807, 2.05) is 26.0 Å². The molecule has 6 heteroatoms. The van der Waals surface area contributed by atoms with Crippen LogP contribution in [-0.2, 0) is 0 Å². The summed E-state index contributed by atoms with van der Waals surface area (Å²) in [5.74, 6) is -2.49. The van der Waals surface area contributed by atoms with Crippen molar-refractivity contribution < 1.29 is 17.9 Å². The molecule has 1 aliphatic rings. The van der Waals surface area contributed by atoms with Crippen molar-refractivity contribution in [1.29, 1.82) is 0 Å². The molecule has 0 spiro atoms. The van der Waals surface area contributed by atoms with E-state index in [0.717, 1.165) is 9.87 Å². The minimum absolute atomic E-state index is 0.00126. The first-order chi connectivity index (χ1) is 8.72. The van der Waals surface area contributed by atoms with Crippen LogP contribution in [-0.4, -0.2) is 32.4 Å². The second-order valence-corrected chi connectivity index (χ2v) is 7.24. The van der Waals surface area contributed by atoms with Crippen molar-refractivity contribution in [3.63, 3.8) is 0 Å². The van der Waals surface area contributed by atoms with Crippen molar-refractivity contribution in [1.82, 2.24) is 4.31 Å². The van der Waals surface area contributed by atoms with Gasteiger partial charge in [0.1, 0.15) is 0 Å². The van der Waals surface area contributed by atoms with Gasteiger partial charge in [-0.05, 0) is 23.6 Å². The van der Waals surface area contributed by atoms with Crippen LogP contribution in [0, 0.1) is 0 Å². The van der Waals surface area contributed by atoms with Gasteiger partial charge >= 0.3 is 0 Å². The third-order valence-corrected chi connectivity index (χ3v) is 5.29. The van der Waals surface area contributed by atoms with Gasteiger partial charge in [0, 0.05) is 13.0 Å². The van der Waals surface area contributed by atoms with Crippen molar-refractivity contribution in [3.8, 4) is 0 Å². The molecule has 0 amide bonds. The van der Waals surface area contributed by atoms with Crippen molar-refractivity contribution in [2.45, 2.75) is 37.0 Å². The summed E-state index contributed by atoms with van der Waals surface area (Å²) < 4.78 is 47.8. The van der Waals surface area contributed by atoms with E-state index in [1.165, 1.54) is 0 Å². The molecular weight excluding hydrogens is 272 g/mol. The van der Waals surface area contributed by atoms with Crippen LogP contribution in [0.15, 0.2) is 29.2 Å². The molecule has 2 N–H and O–H groups in total. The van der Waals surface area contributed by atoms with E-state index in [9.17, 15) is 17.9 Å². The van der Waals surface area contributed by atoms with E-state index in [1.54, 1.807) is 12.1 Å². The average Bonchev–Trinajstić information content (AvgIpc) is 2.70. The molecule has 0 saturated carbocycles. The van der Waals surface area contributed by atoms with Crippen LogP contribution in [0.3, 0.4) is 0 Å². The Morgan fingerprint density at radius 2 is 1.79 bits per heavy atom. The molecule has 0 radical (unpaired) electrons. The van der Waals surface area contributed by atoms with E-state index in [2.05, 4.69) is 0 Å². The number of hydrogen-bond donors (Lipinski definition) is 2. The first-order valence-electron chi connectivity index (χ1n) is 6.23. The third kappa shape index (κ3) is 3.08. The summed E-state index contributed by atoms with van der Waals surface area (Å²) in [6, 6.07) is 6.84. The lowest BCUT2D eigenvalue weighted by atomic mass is 10.0. The number of nitrogens with zero attached hydrogens (tertiary/aromatic N) is 1. The number of benzene rings is 1. The Labute approximate surface area is 113 Å². The molecule has 2 rings (SSSR count). The minimum Gasteiger partial charge on any atom is -0.281 e. The molecule has 1 heterocycles. The second kappa shape index (κ2) is 5.01. The van der Waals surface area contributed by atoms with Gasteiger partial charge in [-0.15, -0.1) is 10.8 Å². The topological polar surface area (TPSA) is 43.7 Å². The Morgan fingerprint density at radius 1 is 1.21 bits per heavy atom. The first kappa shape index (κ1) is 14.7. The molecule has 1 aromatic carbocycles. The summed E-state index contributed by atoms with van der Waals surface area (Å²) in [5.41, 5.74) is 1.07. The molecule has 19 heavy (non-hydrogen) atoms. The van der Waals surface area contributed by atoms with E-state index in [-0.39, 0.29) is 13.0 Å². The summed E-state index contributed by atoms with van der Waals surface area (Å²) in [7, 11) is -3.30. The molecule has 108 valence electrons. The monoisotopic (exact) mass is 291 g/mol. The fourth-order valence-corrected chi connectivity index (χ4v) is 3.62. The van der Waals surface area contributed by atoms with E-state index in [4.69, 9.17) is 0 Å². The zero-order valence-electron chi connectivity index (χ0n) is 11.0. The highest BCUT2D eigenvalue weighted by Gasteiger charge is 2.43. The van der Waals surface area contributed by atoms with Gasteiger partial charge in [-0.1, -0.05) is 26.0 Å². The molecule has 0 aliphatic carbocycles. The van der Waals surface area contributed by atoms with Crippen molar-refractivity contribution in [2.75, 3.05) is 13.1 Å². The Kier molecular flexibility index (Phi) is 3.88. The van der Waals surface area contributed by atoms with E-state index >= 15 is 0 Å². The third-order valence-electron chi connectivity index (χ3n) is 3.36. The van der Waals surface area contributed by atoms with Crippen molar-refractivity contribution >= 4 is 10.8 Å². The van der Waals surface area contributed by atoms with Crippen LogP contribution in [0.4, 0.5) is 8.78 Å². The minimum atomic E-state index is -3.30. The Morgan fingerprint density at radius 3 is 2.21 bits per heavy atom. The highest BCUT2D eigenvalue weighted by atomic mass is 32.3. The Hall–Kier alpha value is -0.690. The molecule has 1 saturated heterocycles. The SMILES string of the molecule is CC(C)c1ccc(S(O)(O)N2CCC(F)(F)C2)cc1.